The second-order valence-corrected chi connectivity index (χ2v) is 4.68. The van der Waals surface area contributed by atoms with E-state index in [1.54, 1.807) is 6.92 Å². The molecule has 3 nitrogen and oxygen atoms in total. The molecule has 0 spiro atoms. The summed E-state index contributed by atoms with van der Waals surface area (Å²) < 4.78 is 9.60. The molecule has 0 N–H and O–H groups in total. The molecule has 0 radical (unpaired) electrons. The van der Waals surface area contributed by atoms with E-state index in [0.29, 0.717) is 24.7 Å². The highest BCUT2D eigenvalue weighted by molar-refractivity contribution is 6.17. The van der Waals surface area contributed by atoms with Gasteiger partial charge in [-0.2, -0.15) is 0 Å². The van der Waals surface area contributed by atoms with Gasteiger partial charge < -0.3 is 9.47 Å². The fourth-order valence-corrected chi connectivity index (χ4v) is 1.38. The first kappa shape index (κ1) is 16.5. The Morgan fingerprint density at radius 1 is 1.50 bits per heavy atom. The van der Waals surface area contributed by atoms with Crippen LogP contribution in [0.1, 0.15) is 18.1 Å². The van der Waals surface area contributed by atoms with Crippen LogP contribution in [0, 0.1) is 0 Å². The Hall–Kier alpha value is -1.58. The van der Waals surface area contributed by atoms with E-state index < -0.39 is 0 Å². The molecular weight excluding hydrogens is 276 g/mol. The molecular formula is C16H19ClO3. The number of rotatable bonds is 5. The van der Waals surface area contributed by atoms with Gasteiger partial charge in [0, 0.05) is 11.5 Å². The Labute approximate surface area is 124 Å². The van der Waals surface area contributed by atoms with Gasteiger partial charge in [-0.15, -0.1) is 11.6 Å². The van der Waals surface area contributed by atoms with Crippen molar-refractivity contribution in [2.45, 2.75) is 18.9 Å². The van der Waals surface area contributed by atoms with E-state index in [9.17, 15) is 4.79 Å². The van der Waals surface area contributed by atoms with Crippen LogP contribution >= 0.6 is 11.6 Å². The number of hydrogen-bond donors (Lipinski definition) is 0. The molecule has 1 saturated heterocycles. The third-order valence-corrected chi connectivity index (χ3v) is 2.83. The van der Waals surface area contributed by atoms with Gasteiger partial charge in [-0.05, 0) is 18.1 Å². The molecule has 1 unspecified atom stereocenters. The summed E-state index contributed by atoms with van der Waals surface area (Å²) in [6.45, 7) is 9.79. The third-order valence-electron chi connectivity index (χ3n) is 2.52. The first-order valence-electron chi connectivity index (χ1n) is 6.28. The summed E-state index contributed by atoms with van der Waals surface area (Å²) in [6, 6.07) is 8.02. The zero-order valence-corrected chi connectivity index (χ0v) is 12.4. The predicted octanol–water partition coefficient (Wildman–Crippen LogP) is 3.57. The lowest BCUT2D eigenvalue weighted by molar-refractivity contribution is -0.139. The zero-order valence-electron chi connectivity index (χ0n) is 11.6. The summed E-state index contributed by atoms with van der Waals surface area (Å²) in [6.07, 6.45) is 1.96. The van der Waals surface area contributed by atoms with Crippen molar-refractivity contribution in [2.75, 3.05) is 13.2 Å². The molecule has 4 heteroatoms. The van der Waals surface area contributed by atoms with Crippen molar-refractivity contribution in [3.8, 4) is 0 Å². The quantitative estimate of drug-likeness (QED) is 0.361. The Bertz CT molecular complexity index is 461. The van der Waals surface area contributed by atoms with E-state index in [1.807, 2.05) is 30.3 Å². The fraction of sp³-hybridized carbons (Fsp3) is 0.312. The van der Waals surface area contributed by atoms with E-state index in [4.69, 9.17) is 21.1 Å². The second-order valence-electron chi connectivity index (χ2n) is 4.41. The SMILES string of the molecule is C=C(C)C(=O)OCC1CO1.C=Cc1ccc(CCl)cc1. The van der Waals surface area contributed by atoms with Gasteiger partial charge >= 0.3 is 5.97 Å². The summed E-state index contributed by atoms with van der Waals surface area (Å²) in [5, 5.41) is 0. The van der Waals surface area contributed by atoms with Gasteiger partial charge in [0.05, 0.1) is 6.61 Å². The maximum Gasteiger partial charge on any atom is 0.333 e. The van der Waals surface area contributed by atoms with Crippen LogP contribution in [0.15, 0.2) is 43.0 Å². The summed E-state index contributed by atoms with van der Waals surface area (Å²) in [7, 11) is 0. The lowest BCUT2D eigenvalue weighted by atomic mass is 10.1. The average Bonchev–Trinajstić information content (AvgIpc) is 3.29. The zero-order chi connectivity index (χ0) is 15.0. The Balaban J connectivity index is 0.000000200. The Morgan fingerprint density at radius 2 is 2.10 bits per heavy atom. The molecule has 1 aromatic rings. The van der Waals surface area contributed by atoms with Crippen molar-refractivity contribution in [3.05, 3.63) is 54.1 Å². The smallest absolute Gasteiger partial charge is 0.333 e. The number of alkyl halides is 1. The average molecular weight is 295 g/mol. The van der Waals surface area contributed by atoms with Gasteiger partial charge in [-0.25, -0.2) is 4.79 Å². The second kappa shape index (κ2) is 8.56. The summed E-state index contributed by atoms with van der Waals surface area (Å²) in [5.41, 5.74) is 2.71. The maximum absolute atomic E-state index is 10.7. The number of hydrogen-bond acceptors (Lipinski definition) is 3. The van der Waals surface area contributed by atoms with E-state index >= 15 is 0 Å². The van der Waals surface area contributed by atoms with Gasteiger partial charge in [0.2, 0.25) is 0 Å². The molecule has 1 aliphatic rings. The molecule has 0 bridgehead atoms. The molecule has 0 aromatic heterocycles. The number of ether oxygens (including phenoxy) is 2. The van der Waals surface area contributed by atoms with Crippen LogP contribution in [-0.4, -0.2) is 25.3 Å². The number of halogens is 1. The van der Waals surface area contributed by atoms with E-state index in [0.717, 1.165) is 11.1 Å². The molecule has 1 aromatic carbocycles. The minimum absolute atomic E-state index is 0.142. The molecule has 1 heterocycles. The molecule has 0 amide bonds. The van der Waals surface area contributed by atoms with Crippen molar-refractivity contribution in [1.82, 2.24) is 0 Å². The van der Waals surface area contributed by atoms with Gasteiger partial charge in [0.25, 0.3) is 0 Å². The standard InChI is InChI=1S/C9H9Cl.C7H10O3/c1-2-8-3-5-9(7-10)6-4-8;1-5(2)7(8)10-4-6-3-9-6/h2-6H,1,7H2;6H,1,3-4H2,2H3. The number of epoxide rings is 1. The highest BCUT2D eigenvalue weighted by Crippen LogP contribution is 2.09. The largest absolute Gasteiger partial charge is 0.459 e. The number of esters is 1. The highest BCUT2D eigenvalue weighted by atomic mass is 35.5. The normalized spacial score (nSPS) is 15.6. The molecule has 20 heavy (non-hydrogen) atoms. The third kappa shape index (κ3) is 6.55. The summed E-state index contributed by atoms with van der Waals surface area (Å²) in [4.78, 5) is 10.7. The topological polar surface area (TPSA) is 38.8 Å². The van der Waals surface area contributed by atoms with Crippen molar-refractivity contribution >= 4 is 23.6 Å². The van der Waals surface area contributed by atoms with Crippen LogP contribution in [0.25, 0.3) is 6.08 Å². The van der Waals surface area contributed by atoms with Crippen LogP contribution in [-0.2, 0) is 20.1 Å². The minimum Gasteiger partial charge on any atom is -0.459 e. The lowest BCUT2D eigenvalue weighted by Crippen LogP contribution is -2.09. The van der Waals surface area contributed by atoms with Crippen LogP contribution in [0.3, 0.4) is 0 Å². The molecule has 1 atom stereocenters. The number of carbonyl (C=O) groups excluding carboxylic acids is 1. The highest BCUT2D eigenvalue weighted by Gasteiger charge is 2.24. The molecule has 0 saturated carbocycles. The van der Waals surface area contributed by atoms with Crippen molar-refractivity contribution in [2.24, 2.45) is 0 Å². The van der Waals surface area contributed by atoms with Gasteiger partial charge in [0.15, 0.2) is 0 Å². The van der Waals surface area contributed by atoms with Gasteiger partial charge in [-0.3, -0.25) is 0 Å². The van der Waals surface area contributed by atoms with Crippen LogP contribution in [0.4, 0.5) is 0 Å². The molecule has 0 aliphatic carbocycles. The summed E-state index contributed by atoms with van der Waals surface area (Å²) >= 11 is 5.60. The minimum atomic E-state index is -0.337. The fourth-order valence-electron chi connectivity index (χ4n) is 1.20. The first-order chi connectivity index (χ1) is 9.56. The van der Waals surface area contributed by atoms with E-state index in [-0.39, 0.29) is 12.1 Å². The van der Waals surface area contributed by atoms with Crippen molar-refractivity contribution in [1.29, 1.82) is 0 Å². The van der Waals surface area contributed by atoms with Crippen molar-refractivity contribution in [3.63, 3.8) is 0 Å². The monoisotopic (exact) mass is 294 g/mol. The number of benzene rings is 1. The number of carbonyl (C=O) groups is 1. The van der Waals surface area contributed by atoms with E-state index in [2.05, 4.69) is 13.2 Å². The lowest BCUT2D eigenvalue weighted by Gasteiger charge is -1.99. The molecule has 2 rings (SSSR count). The Morgan fingerprint density at radius 3 is 2.50 bits per heavy atom. The van der Waals surface area contributed by atoms with Gasteiger partial charge in [-0.1, -0.05) is 43.5 Å². The Kier molecular flexibility index (Phi) is 7.05. The summed E-state index contributed by atoms with van der Waals surface area (Å²) in [5.74, 6) is 0.243. The van der Waals surface area contributed by atoms with Crippen LogP contribution in [0.5, 0.6) is 0 Å². The van der Waals surface area contributed by atoms with E-state index in [1.165, 1.54) is 0 Å². The first-order valence-corrected chi connectivity index (χ1v) is 6.81. The molecule has 1 fully saturated rings. The molecule has 108 valence electrons. The van der Waals surface area contributed by atoms with Crippen molar-refractivity contribution < 1.29 is 14.3 Å². The van der Waals surface area contributed by atoms with Gasteiger partial charge in [0.1, 0.15) is 12.7 Å². The maximum atomic E-state index is 10.7. The van der Waals surface area contributed by atoms with Crippen LogP contribution < -0.4 is 0 Å². The molecule has 1 aliphatic heterocycles. The van der Waals surface area contributed by atoms with Crippen LogP contribution in [0.2, 0.25) is 0 Å². The predicted molar refractivity (Wildman–Crippen MR) is 81.6 cm³/mol.